The largest absolute Gasteiger partial charge is 0.212 e. The van der Waals surface area contributed by atoms with Gasteiger partial charge < -0.3 is 0 Å². The van der Waals surface area contributed by atoms with Crippen LogP contribution in [0.5, 0.6) is 0 Å². The molecule has 13 heavy (non-hydrogen) atoms. The second kappa shape index (κ2) is 4.22. The van der Waals surface area contributed by atoms with E-state index in [-0.39, 0.29) is 17.7 Å². The molecule has 0 aliphatic heterocycles. The van der Waals surface area contributed by atoms with E-state index in [1.165, 1.54) is 0 Å². The first-order valence-electron chi connectivity index (χ1n) is 4.52. The minimum atomic E-state index is -0.249. The molecule has 1 aromatic rings. The van der Waals surface area contributed by atoms with Crippen LogP contribution < -0.4 is 0 Å². The summed E-state index contributed by atoms with van der Waals surface area (Å²) < 4.78 is 13.1. The van der Waals surface area contributed by atoms with Gasteiger partial charge in [-0.3, -0.25) is 0 Å². The molecule has 0 bridgehead atoms. The third-order valence-corrected chi connectivity index (χ3v) is 2.16. The number of hydrogen-bond acceptors (Lipinski definition) is 0. The smallest absolute Gasteiger partial charge is 0.100 e. The Kier molecular flexibility index (Phi) is 3.24. The molecule has 0 aliphatic carbocycles. The molecule has 0 spiro atoms. The van der Waals surface area contributed by atoms with Crippen LogP contribution >= 0.6 is 0 Å². The number of benzene rings is 1. The van der Waals surface area contributed by atoms with Gasteiger partial charge in [-0.05, 0) is 11.5 Å². The maximum atomic E-state index is 13.1. The van der Waals surface area contributed by atoms with Crippen LogP contribution in [-0.2, 0) is 0 Å². The lowest BCUT2D eigenvalue weighted by Gasteiger charge is -2.18. The van der Waals surface area contributed by atoms with Crippen LogP contribution in [0.25, 0.3) is 0 Å². The summed E-state index contributed by atoms with van der Waals surface area (Å²) >= 11 is 0. The van der Waals surface area contributed by atoms with E-state index in [4.69, 9.17) is 0 Å². The summed E-state index contributed by atoms with van der Waals surface area (Å²) in [5.41, 5.74) is 1.00. The van der Waals surface area contributed by atoms with Crippen molar-refractivity contribution in [2.24, 2.45) is 5.92 Å². The fraction of sp³-hybridized carbons (Fsp3) is 0.333. The Morgan fingerprint density at radius 1 is 1.23 bits per heavy atom. The monoisotopic (exact) mass is 178 g/mol. The molecule has 0 saturated carbocycles. The van der Waals surface area contributed by atoms with Crippen molar-refractivity contribution in [1.29, 1.82) is 0 Å². The first-order chi connectivity index (χ1) is 6.13. The Morgan fingerprint density at radius 2 is 1.77 bits per heavy atom. The second-order valence-electron chi connectivity index (χ2n) is 3.58. The second-order valence-corrected chi connectivity index (χ2v) is 3.58. The summed E-state index contributed by atoms with van der Waals surface area (Å²) in [7, 11) is 0. The molecule has 0 amide bonds. The molecule has 0 fully saturated rings. The van der Waals surface area contributed by atoms with Gasteiger partial charge in [-0.2, -0.15) is 0 Å². The lowest BCUT2D eigenvalue weighted by atomic mass is 9.88. The predicted molar refractivity (Wildman–Crippen MR) is 54.3 cm³/mol. The van der Waals surface area contributed by atoms with Gasteiger partial charge in [-0.25, -0.2) is 4.39 Å². The van der Waals surface area contributed by atoms with Gasteiger partial charge in [-0.1, -0.05) is 50.8 Å². The summed E-state index contributed by atoms with van der Waals surface area (Å²) in [5, 5.41) is 0. The molecule has 0 N–H and O–H groups in total. The number of hydrogen-bond donors (Lipinski definition) is 0. The number of allylic oxidation sites excluding steroid dienone is 1. The Labute approximate surface area is 79.1 Å². The molecule has 0 aromatic heterocycles. The lowest BCUT2D eigenvalue weighted by Crippen LogP contribution is -2.06. The summed E-state index contributed by atoms with van der Waals surface area (Å²) in [4.78, 5) is 0. The van der Waals surface area contributed by atoms with E-state index in [9.17, 15) is 4.39 Å². The van der Waals surface area contributed by atoms with Crippen LogP contribution in [-0.4, -0.2) is 0 Å². The minimum absolute atomic E-state index is 0.166. The average Bonchev–Trinajstić information content (AvgIpc) is 2.04. The highest BCUT2D eigenvalue weighted by molar-refractivity contribution is 5.25. The molecule has 1 heteroatoms. The first kappa shape index (κ1) is 9.97. The Balaban J connectivity index is 2.96. The van der Waals surface area contributed by atoms with Crippen molar-refractivity contribution in [3.8, 4) is 0 Å². The fourth-order valence-electron chi connectivity index (χ4n) is 1.59. The Hall–Kier alpha value is -1.11. The zero-order valence-electron chi connectivity index (χ0n) is 8.13. The van der Waals surface area contributed by atoms with E-state index >= 15 is 0 Å². The standard InChI is InChI=1S/C12H15F/c1-9(2)12(10(3)13)11-7-5-4-6-8-11/h4-9,12H,3H2,1-2H3. The van der Waals surface area contributed by atoms with Gasteiger partial charge in [0.1, 0.15) is 5.83 Å². The van der Waals surface area contributed by atoms with Crippen LogP contribution in [0, 0.1) is 5.92 Å². The van der Waals surface area contributed by atoms with Gasteiger partial charge in [0.15, 0.2) is 0 Å². The Bertz CT molecular complexity index is 274. The van der Waals surface area contributed by atoms with Crippen molar-refractivity contribution >= 4 is 0 Å². The topological polar surface area (TPSA) is 0 Å². The van der Waals surface area contributed by atoms with Crippen molar-refractivity contribution in [3.63, 3.8) is 0 Å². The molecule has 1 atom stereocenters. The van der Waals surface area contributed by atoms with E-state index in [0.29, 0.717) is 0 Å². The molecule has 1 rings (SSSR count). The lowest BCUT2D eigenvalue weighted by molar-refractivity contribution is 0.457. The normalized spacial score (nSPS) is 12.9. The highest BCUT2D eigenvalue weighted by Gasteiger charge is 2.18. The van der Waals surface area contributed by atoms with Gasteiger partial charge in [0, 0.05) is 5.92 Å². The molecule has 0 nitrogen and oxygen atoms in total. The van der Waals surface area contributed by atoms with Crippen LogP contribution in [0.15, 0.2) is 42.7 Å². The molecular formula is C12H15F. The Morgan fingerprint density at radius 3 is 2.15 bits per heavy atom. The van der Waals surface area contributed by atoms with Crippen molar-refractivity contribution in [1.82, 2.24) is 0 Å². The zero-order valence-corrected chi connectivity index (χ0v) is 8.13. The average molecular weight is 178 g/mol. The number of halogens is 1. The van der Waals surface area contributed by atoms with E-state index in [1.807, 2.05) is 44.2 Å². The van der Waals surface area contributed by atoms with Gasteiger partial charge in [0.2, 0.25) is 0 Å². The quantitative estimate of drug-likeness (QED) is 0.658. The van der Waals surface area contributed by atoms with Crippen molar-refractivity contribution in [3.05, 3.63) is 48.3 Å². The molecule has 0 radical (unpaired) electrons. The zero-order chi connectivity index (χ0) is 9.84. The summed E-state index contributed by atoms with van der Waals surface area (Å²) in [6.07, 6.45) is 0. The minimum Gasteiger partial charge on any atom is -0.212 e. The molecular weight excluding hydrogens is 163 g/mol. The molecule has 0 saturated heterocycles. The van der Waals surface area contributed by atoms with Crippen LogP contribution in [0.2, 0.25) is 0 Å². The summed E-state index contributed by atoms with van der Waals surface area (Å²) in [6, 6.07) is 9.66. The van der Waals surface area contributed by atoms with Gasteiger partial charge in [0.25, 0.3) is 0 Å². The highest BCUT2D eigenvalue weighted by atomic mass is 19.1. The highest BCUT2D eigenvalue weighted by Crippen LogP contribution is 2.31. The molecule has 0 aliphatic rings. The maximum absolute atomic E-state index is 13.1. The van der Waals surface area contributed by atoms with E-state index in [2.05, 4.69) is 6.58 Å². The van der Waals surface area contributed by atoms with Gasteiger partial charge >= 0.3 is 0 Å². The van der Waals surface area contributed by atoms with E-state index in [1.54, 1.807) is 0 Å². The fourth-order valence-corrected chi connectivity index (χ4v) is 1.59. The third-order valence-electron chi connectivity index (χ3n) is 2.16. The van der Waals surface area contributed by atoms with Crippen LogP contribution in [0.3, 0.4) is 0 Å². The predicted octanol–water partition coefficient (Wildman–Crippen LogP) is 3.91. The van der Waals surface area contributed by atoms with Crippen LogP contribution in [0.1, 0.15) is 25.3 Å². The maximum Gasteiger partial charge on any atom is 0.100 e. The summed E-state index contributed by atoms with van der Waals surface area (Å²) in [5.74, 6) is -0.165. The van der Waals surface area contributed by atoms with Crippen molar-refractivity contribution in [2.45, 2.75) is 19.8 Å². The SMILES string of the molecule is C=C(F)C(c1ccccc1)C(C)C. The van der Waals surface area contributed by atoms with Gasteiger partial charge in [-0.15, -0.1) is 0 Å². The molecule has 1 aromatic carbocycles. The van der Waals surface area contributed by atoms with Crippen molar-refractivity contribution in [2.75, 3.05) is 0 Å². The molecule has 0 heterocycles. The van der Waals surface area contributed by atoms with E-state index in [0.717, 1.165) is 5.56 Å². The molecule has 70 valence electrons. The van der Waals surface area contributed by atoms with Crippen LogP contribution in [0.4, 0.5) is 4.39 Å². The van der Waals surface area contributed by atoms with Gasteiger partial charge in [0.05, 0.1) is 0 Å². The first-order valence-corrected chi connectivity index (χ1v) is 4.52. The third kappa shape index (κ3) is 2.41. The summed E-state index contributed by atoms with van der Waals surface area (Å²) in [6.45, 7) is 7.39. The number of rotatable bonds is 3. The van der Waals surface area contributed by atoms with E-state index < -0.39 is 0 Å². The van der Waals surface area contributed by atoms with Crippen molar-refractivity contribution < 1.29 is 4.39 Å². The molecule has 1 unspecified atom stereocenters.